The van der Waals surface area contributed by atoms with E-state index in [2.05, 4.69) is 0 Å². The van der Waals surface area contributed by atoms with Crippen LogP contribution in [-0.2, 0) is 17.7 Å². The first-order valence-electron chi connectivity index (χ1n) is 12.6. The van der Waals surface area contributed by atoms with Crippen molar-refractivity contribution in [2.24, 2.45) is 5.41 Å². The Morgan fingerprint density at radius 3 is 2.63 bits per heavy atom. The first-order valence-corrected chi connectivity index (χ1v) is 12.6. The molecule has 1 unspecified atom stereocenters. The van der Waals surface area contributed by atoms with Crippen LogP contribution < -0.4 is 0 Å². The maximum atomic E-state index is 13.2. The average Bonchev–Trinajstić information content (AvgIpc) is 3.52. The molecule has 0 saturated carbocycles. The Kier molecular flexibility index (Phi) is 6.60. The van der Waals surface area contributed by atoms with Crippen molar-refractivity contribution in [3.8, 4) is 5.69 Å². The maximum absolute atomic E-state index is 13.2. The topological polar surface area (TPSA) is 108 Å². The summed E-state index contributed by atoms with van der Waals surface area (Å²) in [5, 5.41) is 16.9. The minimum Gasteiger partial charge on any atom is -0.372 e. The van der Waals surface area contributed by atoms with Gasteiger partial charge >= 0.3 is 0 Å². The molecule has 3 aromatic rings. The molecule has 1 aliphatic heterocycles. The van der Waals surface area contributed by atoms with Gasteiger partial charge in [-0.25, -0.2) is 9.07 Å². The number of Topliss-reactive ketones (excluding diaryl/α,β-unsaturated/α-hetero) is 1. The first-order chi connectivity index (χ1) is 18.0. The minimum atomic E-state index is -0.540. The smallest absolute Gasteiger partial charge is 0.295 e. The Morgan fingerprint density at radius 1 is 1.24 bits per heavy atom. The van der Waals surface area contributed by atoms with Crippen LogP contribution in [0.4, 0.5) is 10.1 Å². The molecular weight excluding hydrogens is 491 g/mol. The van der Waals surface area contributed by atoms with E-state index in [1.165, 1.54) is 39.9 Å². The van der Waals surface area contributed by atoms with Crippen LogP contribution in [0.15, 0.2) is 42.5 Å². The van der Waals surface area contributed by atoms with Crippen LogP contribution in [-0.4, -0.2) is 44.9 Å². The van der Waals surface area contributed by atoms with Crippen LogP contribution in [0.3, 0.4) is 0 Å². The fourth-order valence-corrected chi connectivity index (χ4v) is 5.33. The molecule has 2 aliphatic rings. The van der Waals surface area contributed by atoms with Gasteiger partial charge in [0.2, 0.25) is 0 Å². The number of fused-ring (bicyclic) bond motifs is 1. The molecule has 0 spiro atoms. The van der Waals surface area contributed by atoms with Gasteiger partial charge in [-0.05, 0) is 54.5 Å². The molecular formula is C28H29FN4O5. The van der Waals surface area contributed by atoms with Crippen LogP contribution in [0.1, 0.15) is 76.9 Å². The highest BCUT2D eigenvalue weighted by molar-refractivity contribution is 6.00. The van der Waals surface area contributed by atoms with Gasteiger partial charge in [0.15, 0.2) is 5.78 Å². The molecule has 1 fully saturated rings. The summed E-state index contributed by atoms with van der Waals surface area (Å²) in [6.45, 7) is 4.77. The van der Waals surface area contributed by atoms with Crippen LogP contribution >= 0.6 is 0 Å². The summed E-state index contributed by atoms with van der Waals surface area (Å²) >= 11 is 0. The number of ketones is 1. The highest BCUT2D eigenvalue weighted by Crippen LogP contribution is 2.42. The van der Waals surface area contributed by atoms with Crippen LogP contribution in [0.5, 0.6) is 0 Å². The predicted octanol–water partition coefficient (Wildman–Crippen LogP) is 5.20. The number of benzene rings is 2. The van der Waals surface area contributed by atoms with Crippen molar-refractivity contribution < 1.29 is 23.6 Å². The van der Waals surface area contributed by atoms with Crippen LogP contribution in [0.25, 0.3) is 5.69 Å². The van der Waals surface area contributed by atoms with Crippen molar-refractivity contribution in [1.82, 2.24) is 14.7 Å². The molecule has 1 aromatic heterocycles. The quantitative estimate of drug-likeness (QED) is 0.327. The summed E-state index contributed by atoms with van der Waals surface area (Å²) in [5.74, 6) is -0.824. The van der Waals surface area contributed by atoms with Crippen molar-refractivity contribution in [1.29, 1.82) is 0 Å². The molecule has 0 N–H and O–H groups in total. The summed E-state index contributed by atoms with van der Waals surface area (Å²) in [5.41, 5.74) is 2.12. The molecule has 5 rings (SSSR count). The summed E-state index contributed by atoms with van der Waals surface area (Å²) in [6, 6.07) is 10.1. The SMILES string of the molecule is CN(Cc1ccc(F)cc1)C(=O)c1ccc(-n2nc(C3CCCO3)c3c2CC(C)(C)CC3=O)c([N+](=O)[O-])c1. The number of carbonyl (C=O) groups is 2. The maximum Gasteiger partial charge on any atom is 0.295 e. The predicted molar refractivity (Wildman–Crippen MR) is 137 cm³/mol. The number of ether oxygens (including phenoxy) is 1. The van der Waals surface area contributed by atoms with E-state index in [0.717, 1.165) is 18.4 Å². The Bertz CT molecular complexity index is 1420. The third-order valence-corrected chi connectivity index (χ3v) is 7.13. The Morgan fingerprint density at radius 2 is 1.97 bits per heavy atom. The van der Waals surface area contributed by atoms with Gasteiger partial charge in [0, 0.05) is 38.2 Å². The third kappa shape index (κ3) is 4.83. The van der Waals surface area contributed by atoms with Crippen LogP contribution in [0.2, 0.25) is 0 Å². The number of nitrogens with zero attached hydrogens (tertiary/aromatic N) is 4. The number of carbonyl (C=O) groups excluding carboxylic acids is 2. The standard InChI is InChI=1S/C28H29FN4O5/c1-28(2)14-22-25(23(34)15-28)26(24-5-4-12-38-24)30-32(22)20-11-8-18(13-21(20)33(36)37)27(35)31(3)16-17-6-9-19(29)10-7-17/h6-11,13,24H,4-5,12,14-16H2,1-3H3. The number of nitro benzene ring substituents is 1. The van der Waals surface area contributed by atoms with E-state index in [1.54, 1.807) is 19.2 Å². The molecule has 0 bridgehead atoms. The van der Waals surface area contributed by atoms with Gasteiger partial charge in [-0.2, -0.15) is 5.10 Å². The molecule has 9 nitrogen and oxygen atoms in total. The number of hydrogen-bond donors (Lipinski definition) is 0. The Balaban J connectivity index is 1.54. The summed E-state index contributed by atoms with van der Waals surface area (Å²) in [6.07, 6.45) is 2.15. The van der Waals surface area contributed by atoms with Gasteiger partial charge in [-0.1, -0.05) is 26.0 Å². The number of halogens is 1. The van der Waals surface area contributed by atoms with Gasteiger partial charge in [0.1, 0.15) is 23.3 Å². The average molecular weight is 521 g/mol. The normalized spacial score (nSPS) is 18.3. The number of nitro groups is 1. The van der Waals surface area contributed by atoms with E-state index < -0.39 is 10.8 Å². The molecule has 1 saturated heterocycles. The highest BCUT2D eigenvalue weighted by Gasteiger charge is 2.40. The molecule has 1 amide bonds. The minimum absolute atomic E-state index is 0.0372. The van der Waals surface area contributed by atoms with Crippen molar-refractivity contribution >= 4 is 17.4 Å². The number of amides is 1. The summed E-state index contributed by atoms with van der Waals surface area (Å²) in [7, 11) is 1.58. The van der Waals surface area contributed by atoms with Gasteiger partial charge < -0.3 is 9.64 Å². The number of rotatable bonds is 6. The summed E-state index contributed by atoms with van der Waals surface area (Å²) < 4.78 is 20.6. The van der Waals surface area contributed by atoms with Crippen molar-refractivity contribution in [3.63, 3.8) is 0 Å². The fourth-order valence-electron chi connectivity index (χ4n) is 5.33. The number of hydrogen-bond acceptors (Lipinski definition) is 6. The third-order valence-electron chi connectivity index (χ3n) is 7.13. The monoisotopic (exact) mass is 520 g/mol. The Hall–Kier alpha value is -3.92. The first kappa shape index (κ1) is 25.7. The van der Waals surface area contributed by atoms with E-state index in [9.17, 15) is 24.1 Å². The molecule has 0 radical (unpaired) electrons. The molecule has 38 heavy (non-hydrogen) atoms. The molecule has 10 heteroatoms. The van der Waals surface area contributed by atoms with Crippen molar-refractivity contribution in [2.45, 2.75) is 52.2 Å². The lowest BCUT2D eigenvalue weighted by Crippen LogP contribution is -2.28. The second-order valence-electron chi connectivity index (χ2n) is 10.8. The zero-order valence-electron chi connectivity index (χ0n) is 21.6. The lowest BCUT2D eigenvalue weighted by atomic mass is 9.75. The zero-order valence-corrected chi connectivity index (χ0v) is 21.6. The second kappa shape index (κ2) is 9.75. The van der Waals surface area contributed by atoms with E-state index in [-0.39, 0.29) is 46.6 Å². The van der Waals surface area contributed by atoms with E-state index in [0.29, 0.717) is 36.4 Å². The van der Waals surface area contributed by atoms with Gasteiger partial charge in [-0.15, -0.1) is 0 Å². The van der Waals surface area contributed by atoms with E-state index in [1.807, 2.05) is 13.8 Å². The highest BCUT2D eigenvalue weighted by atomic mass is 19.1. The molecule has 2 aromatic carbocycles. The van der Waals surface area contributed by atoms with Crippen LogP contribution in [0, 0.1) is 21.3 Å². The van der Waals surface area contributed by atoms with Gasteiger partial charge in [0.05, 0.1) is 16.2 Å². The van der Waals surface area contributed by atoms with E-state index in [4.69, 9.17) is 9.84 Å². The lowest BCUT2D eigenvalue weighted by Gasteiger charge is -2.29. The molecule has 2 heterocycles. The van der Waals surface area contributed by atoms with Crippen molar-refractivity contribution in [2.75, 3.05) is 13.7 Å². The fraction of sp³-hybridized carbons (Fsp3) is 0.393. The lowest BCUT2D eigenvalue weighted by molar-refractivity contribution is -0.384. The second-order valence-corrected chi connectivity index (χ2v) is 10.8. The summed E-state index contributed by atoms with van der Waals surface area (Å²) in [4.78, 5) is 39.4. The van der Waals surface area contributed by atoms with E-state index >= 15 is 0 Å². The number of aromatic nitrogens is 2. The van der Waals surface area contributed by atoms with Crippen molar-refractivity contribution in [3.05, 3.63) is 86.5 Å². The van der Waals surface area contributed by atoms with Gasteiger partial charge in [0.25, 0.3) is 11.6 Å². The molecule has 1 atom stereocenters. The van der Waals surface area contributed by atoms with Gasteiger partial charge in [-0.3, -0.25) is 19.7 Å². The molecule has 1 aliphatic carbocycles. The zero-order chi connectivity index (χ0) is 27.2. The molecule has 198 valence electrons. The Labute approximate surface area is 219 Å². The largest absolute Gasteiger partial charge is 0.372 e.